The fourth-order valence-corrected chi connectivity index (χ4v) is 5.65. The molecule has 40 heavy (non-hydrogen) atoms. The zero-order chi connectivity index (χ0) is 28.6. The highest BCUT2D eigenvalue weighted by Crippen LogP contribution is 2.51. The van der Waals surface area contributed by atoms with Crippen LogP contribution in [0.15, 0.2) is 102 Å². The molecule has 2 N–H and O–H groups in total. The Morgan fingerprint density at radius 3 is 2.17 bits per heavy atom. The second-order valence-electron chi connectivity index (χ2n) is 9.50. The Kier molecular flexibility index (Phi) is 7.21. The number of benzene rings is 3. The lowest BCUT2D eigenvalue weighted by atomic mass is 9.67. The molecule has 1 heterocycles. The molecule has 3 aromatic rings. The number of nitrogens with zero attached hydrogens (tertiary/aromatic N) is 1. The minimum atomic E-state index is -1.27. The van der Waals surface area contributed by atoms with Gasteiger partial charge in [-0.3, -0.25) is 14.5 Å². The van der Waals surface area contributed by atoms with Crippen molar-refractivity contribution in [3.05, 3.63) is 124 Å². The lowest BCUT2D eigenvalue weighted by Gasteiger charge is -2.44. The third-order valence-corrected chi connectivity index (χ3v) is 7.43. The standard InChI is InChI=1S/C31H26F2N2O5/c1-39-30(37)25-21(17-8-4-3-5-9-17)16-23-26(28(25)36)24(20-10-6-7-11-22(20)33)27(31(38)40-2)29(34)35(23)19-14-12-18(32)13-15-19/h3-15,21,24-25H,16,34H2,1-2H3/t21-,24+,25-/m1/s1. The Morgan fingerprint density at radius 1 is 0.900 bits per heavy atom. The number of esters is 2. The molecule has 204 valence electrons. The van der Waals surface area contributed by atoms with Crippen molar-refractivity contribution < 1.29 is 32.6 Å². The van der Waals surface area contributed by atoms with E-state index in [-0.39, 0.29) is 29.0 Å². The maximum Gasteiger partial charge on any atom is 0.338 e. The lowest BCUT2D eigenvalue weighted by molar-refractivity contribution is -0.150. The van der Waals surface area contributed by atoms with Gasteiger partial charge in [0.2, 0.25) is 0 Å². The number of nitrogens with two attached hydrogens (primary N) is 1. The van der Waals surface area contributed by atoms with Gasteiger partial charge >= 0.3 is 11.9 Å². The molecule has 1 aliphatic heterocycles. The van der Waals surface area contributed by atoms with Crippen LogP contribution in [0.2, 0.25) is 0 Å². The second kappa shape index (κ2) is 10.8. The molecule has 7 nitrogen and oxygen atoms in total. The fourth-order valence-electron chi connectivity index (χ4n) is 5.65. The molecule has 0 bridgehead atoms. The van der Waals surface area contributed by atoms with Crippen molar-refractivity contribution >= 4 is 23.4 Å². The smallest absolute Gasteiger partial charge is 0.338 e. The molecular formula is C31H26F2N2O5. The molecule has 0 saturated carbocycles. The Labute approximate surface area is 229 Å². The first-order chi connectivity index (χ1) is 19.3. The van der Waals surface area contributed by atoms with Crippen LogP contribution in [0.25, 0.3) is 0 Å². The van der Waals surface area contributed by atoms with Gasteiger partial charge in [0.1, 0.15) is 23.4 Å². The summed E-state index contributed by atoms with van der Waals surface area (Å²) < 4.78 is 39.4. The van der Waals surface area contributed by atoms with Crippen LogP contribution in [0.3, 0.4) is 0 Å². The predicted octanol–water partition coefficient (Wildman–Crippen LogP) is 4.71. The molecule has 1 aliphatic carbocycles. The third kappa shape index (κ3) is 4.43. The zero-order valence-corrected chi connectivity index (χ0v) is 21.8. The summed E-state index contributed by atoms with van der Waals surface area (Å²) in [4.78, 5) is 42.3. The molecule has 3 aromatic carbocycles. The normalized spacial score (nSPS) is 20.8. The minimum absolute atomic E-state index is 0.0200. The molecule has 0 aromatic heterocycles. The van der Waals surface area contributed by atoms with E-state index in [2.05, 4.69) is 0 Å². The van der Waals surface area contributed by atoms with Crippen LogP contribution in [0.4, 0.5) is 14.5 Å². The van der Waals surface area contributed by atoms with Gasteiger partial charge in [-0.1, -0.05) is 48.5 Å². The molecular weight excluding hydrogens is 518 g/mol. The summed E-state index contributed by atoms with van der Waals surface area (Å²) in [5, 5.41) is 0. The SMILES string of the molecule is COC(=O)C1=C(N)N(c2ccc(F)cc2)C2=C(C(=O)[C@H](C(=O)OC)[C@@H](c3ccccc3)C2)[C@@H]1c1ccccc1F. The number of carbonyl (C=O) groups excluding carboxylic acids is 3. The summed E-state index contributed by atoms with van der Waals surface area (Å²) in [5.41, 5.74) is 7.97. The number of hydrogen-bond acceptors (Lipinski definition) is 7. The van der Waals surface area contributed by atoms with Crippen molar-refractivity contribution in [3.63, 3.8) is 0 Å². The summed E-state index contributed by atoms with van der Waals surface area (Å²) in [5.74, 6) is -6.72. The maximum atomic E-state index is 15.4. The number of Topliss-reactive ketones (excluding diaryl/α,β-unsaturated/α-hetero) is 1. The van der Waals surface area contributed by atoms with E-state index >= 15 is 4.39 Å². The van der Waals surface area contributed by atoms with E-state index in [0.717, 1.165) is 7.11 Å². The van der Waals surface area contributed by atoms with E-state index in [9.17, 15) is 18.8 Å². The van der Waals surface area contributed by atoms with Crippen LogP contribution in [0, 0.1) is 17.6 Å². The summed E-state index contributed by atoms with van der Waals surface area (Å²) in [6, 6.07) is 20.1. The highest BCUT2D eigenvalue weighted by Gasteiger charge is 2.51. The average molecular weight is 545 g/mol. The predicted molar refractivity (Wildman–Crippen MR) is 143 cm³/mol. The molecule has 5 rings (SSSR count). The van der Waals surface area contributed by atoms with E-state index in [1.54, 1.807) is 30.3 Å². The highest BCUT2D eigenvalue weighted by atomic mass is 19.1. The summed E-state index contributed by atoms with van der Waals surface area (Å²) in [6.45, 7) is 0. The van der Waals surface area contributed by atoms with Crippen molar-refractivity contribution in [2.45, 2.75) is 18.3 Å². The molecule has 0 unspecified atom stereocenters. The van der Waals surface area contributed by atoms with Crippen LogP contribution in [-0.2, 0) is 23.9 Å². The van der Waals surface area contributed by atoms with Crippen molar-refractivity contribution in [2.75, 3.05) is 19.1 Å². The lowest BCUT2D eigenvalue weighted by Crippen LogP contribution is -2.46. The number of allylic oxidation sites excluding steroid dienone is 2. The zero-order valence-electron chi connectivity index (χ0n) is 21.8. The van der Waals surface area contributed by atoms with Gasteiger partial charge in [0.15, 0.2) is 5.78 Å². The monoisotopic (exact) mass is 544 g/mol. The largest absolute Gasteiger partial charge is 0.468 e. The Hall–Kier alpha value is -4.79. The first-order valence-corrected chi connectivity index (χ1v) is 12.6. The van der Waals surface area contributed by atoms with Crippen LogP contribution < -0.4 is 10.6 Å². The molecule has 0 spiro atoms. The fraction of sp³-hybridized carbons (Fsp3) is 0.194. The Balaban J connectivity index is 1.84. The summed E-state index contributed by atoms with van der Waals surface area (Å²) >= 11 is 0. The van der Waals surface area contributed by atoms with Crippen molar-refractivity contribution in [3.8, 4) is 0 Å². The average Bonchev–Trinajstić information content (AvgIpc) is 2.97. The van der Waals surface area contributed by atoms with Gasteiger partial charge < -0.3 is 15.2 Å². The molecule has 0 fully saturated rings. The quantitative estimate of drug-likeness (QED) is 0.367. The number of ketones is 1. The van der Waals surface area contributed by atoms with Gasteiger partial charge in [0.05, 0.1) is 25.7 Å². The van der Waals surface area contributed by atoms with E-state index in [0.29, 0.717) is 16.9 Å². The van der Waals surface area contributed by atoms with Crippen LogP contribution in [-0.4, -0.2) is 31.9 Å². The molecule has 0 amide bonds. The maximum absolute atomic E-state index is 15.4. The number of carbonyl (C=O) groups is 3. The number of anilines is 1. The highest BCUT2D eigenvalue weighted by molar-refractivity contribution is 6.14. The van der Waals surface area contributed by atoms with Gasteiger partial charge in [-0.2, -0.15) is 0 Å². The van der Waals surface area contributed by atoms with E-state index < -0.39 is 47.1 Å². The van der Waals surface area contributed by atoms with Gasteiger partial charge in [-0.25, -0.2) is 13.6 Å². The number of ether oxygens (including phenoxy) is 2. The Morgan fingerprint density at radius 2 is 1.55 bits per heavy atom. The number of rotatable bonds is 5. The molecule has 2 aliphatic rings. The van der Waals surface area contributed by atoms with Crippen molar-refractivity contribution in [1.82, 2.24) is 0 Å². The third-order valence-electron chi connectivity index (χ3n) is 7.43. The number of halogens is 2. The van der Waals surface area contributed by atoms with Gasteiger partial charge in [0, 0.05) is 28.4 Å². The summed E-state index contributed by atoms with van der Waals surface area (Å²) in [7, 11) is 2.35. The first kappa shape index (κ1) is 26.8. The topological polar surface area (TPSA) is 98.9 Å². The van der Waals surface area contributed by atoms with E-state index in [4.69, 9.17) is 15.2 Å². The van der Waals surface area contributed by atoms with Crippen molar-refractivity contribution in [1.29, 1.82) is 0 Å². The molecule has 0 saturated heterocycles. The van der Waals surface area contributed by atoms with E-state index in [1.807, 2.05) is 6.07 Å². The first-order valence-electron chi connectivity index (χ1n) is 12.6. The van der Waals surface area contributed by atoms with Crippen LogP contribution >= 0.6 is 0 Å². The van der Waals surface area contributed by atoms with Crippen LogP contribution in [0.5, 0.6) is 0 Å². The minimum Gasteiger partial charge on any atom is -0.468 e. The number of hydrogen-bond donors (Lipinski definition) is 1. The van der Waals surface area contributed by atoms with Gasteiger partial charge in [-0.15, -0.1) is 0 Å². The number of methoxy groups -OCH3 is 2. The second-order valence-corrected chi connectivity index (χ2v) is 9.50. The van der Waals surface area contributed by atoms with Gasteiger partial charge in [0.25, 0.3) is 0 Å². The van der Waals surface area contributed by atoms with Gasteiger partial charge in [-0.05, 0) is 42.3 Å². The van der Waals surface area contributed by atoms with Crippen molar-refractivity contribution in [2.24, 2.45) is 11.7 Å². The summed E-state index contributed by atoms with van der Waals surface area (Å²) in [6.07, 6.45) is 0.113. The molecule has 9 heteroatoms. The molecule has 0 radical (unpaired) electrons. The molecule has 3 atom stereocenters. The van der Waals surface area contributed by atoms with E-state index in [1.165, 1.54) is 54.5 Å². The Bertz CT molecular complexity index is 1550. The van der Waals surface area contributed by atoms with Crippen LogP contribution in [0.1, 0.15) is 29.4 Å².